The molecule has 1 aromatic heterocycles. The van der Waals surface area contributed by atoms with E-state index in [4.69, 9.17) is 0 Å². The monoisotopic (exact) mass is 227 g/mol. The van der Waals surface area contributed by atoms with Crippen molar-refractivity contribution in [2.45, 2.75) is 19.3 Å². The van der Waals surface area contributed by atoms with Gasteiger partial charge in [0.05, 0.1) is 23.0 Å². The van der Waals surface area contributed by atoms with E-state index in [1.807, 2.05) is 37.3 Å². The molecule has 1 amide bonds. The molecule has 0 saturated carbocycles. The summed E-state index contributed by atoms with van der Waals surface area (Å²) in [6, 6.07) is 9.82. The van der Waals surface area contributed by atoms with Crippen molar-refractivity contribution in [3.05, 3.63) is 47.3 Å². The van der Waals surface area contributed by atoms with E-state index in [1.54, 1.807) is 0 Å². The third kappa shape index (κ3) is 1.62. The van der Waals surface area contributed by atoms with E-state index in [-0.39, 0.29) is 11.8 Å². The number of aryl methyl sites for hydroxylation is 1. The zero-order valence-corrected chi connectivity index (χ0v) is 9.53. The SMILES string of the molecule is Cc1[nH]nc2c1NC(=O)C(c1ccccc1)C2. The van der Waals surface area contributed by atoms with Crippen molar-refractivity contribution in [3.63, 3.8) is 0 Å². The van der Waals surface area contributed by atoms with Gasteiger partial charge in [0.15, 0.2) is 0 Å². The summed E-state index contributed by atoms with van der Waals surface area (Å²) in [5.41, 5.74) is 3.74. The zero-order valence-electron chi connectivity index (χ0n) is 9.53. The molecule has 1 atom stereocenters. The predicted molar refractivity (Wildman–Crippen MR) is 64.8 cm³/mol. The first kappa shape index (κ1) is 10.1. The molecule has 2 N–H and O–H groups in total. The lowest BCUT2D eigenvalue weighted by molar-refractivity contribution is -0.117. The normalized spacial score (nSPS) is 18.6. The minimum Gasteiger partial charge on any atom is -0.322 e. The first-order valence-electron chi connectivity index (χ1n) is 5.65. The van der Waals surface area contributed by atoms with Crippen LogP contribution in [0, 0.1) is 6.92 Å². The smallest absolute Gasteiger partial charge is 0.232 e. The number of amides is 1. The van der Waals surface area contributed by atoms with Gasteiger partial charge in [0.1, 0.15) is 0 Å². The number of H-pyrrole nitrogens is 1. The fourth-order valence-corrected chi connectivity index (χ4v) is 2.24. The van der Waals surface area contributed by atoms with Crippen LogP contribution >= 0.6 is 0 Å². The summed E-state index contributed by atoms with van der Waals surface area (Å²) in [6.45, 7) is 1.91. The van der Waals surface area contributed by atoms with E-state index in [0.29, 0.717) is 6.42 Å². The third-order valence-corrected chi connectivity index (χ3v) is 3.19. The van der Waals surface area contributed by atoms with Crippen LogP contribution < -0.4 is 5.32 Å². The molecule has 4 nitrogen and oxygen atoms in total. The Balaban J connectivity index is 1.98. The first-order chi connectivity index (χ1) is 8.25. The fraction of sp³-hybridized carbons (Fsp3) is 0.231. The Bertz CT molecular complexity index is 559. The number of hydrogen-bond donors (Lipinski definition) is 2. The third-order valence-electron chi connectivity index (χ3n) is 3.19. The highest BCUT2D eigenvalue weighted by atomic mass is 16.2. The van der Waals surface area contributed by atoms with Gasteiger partial charge in [0.2, 0.25) is 5.91 Å². The van der Waals surface area contributed by atoms with Gasteiger partial charge in [-0.2, -0.15) is 5.10 Å². The Morgan fingerprint density at radius 3 is 2.82 bits per heavy atom. The van der Waals surface area contributed by atoms with E-state index in [1.165, 1.54) is 0 Å². The van der Waals surface area contributed by atoms with E-state index >= 15 is 0 Å². The number of aromatic nitrogens is 2. The van der Waals surface area contributed by atoms with Crippen LogP contribution in [0.2, 0.25) is 0 Å². The summed E-state index contributed by atoms with van der Waals surface area (Å²) in [5, 5.41) is 10.1. The number of carbonyl (C=O) groups excluding carboxylic acids is 1. The topological polar surface area (TPSA) is 57.8 Å². The van der Waals surface area contributed by atoms with Gasteiger partial charge in [-0.05, 0) is 12.5 Å². The van der Waals surface area contributed by atoms with Crippen molar-refractivity contribution in [2.24, 2.45) is 0 Å². The molecule has 0 saturated heterocycles. The highest BCUT2D eigenvalue weighted by molar-refractivity contribution is 5.99. The van der Waals surface area contributed by atoms with E-state index < -0.39 is 0 Å². The van der Waals surface area contributed by atoms with E-state index in [2.05, 4.69) is 15.5 Å². The second-order valence-corrected chi connectivity index (χ2v) is 4.33. The van der Waals surface area contributed by atoms with Gasteiger partial charge in [-0.1, -0.05) is 30.3 Å². The molecule has 4 heteroatoms. The molecule has 1 aromatic carbocycles. The Morgan fingerprint density at radius 1 is 1.29 bits per heavy atom. The number of fused-ring (bicyclic) bond motifs is 1. The maximum Gasteiger partial charge on any atom is 0.232 e. The Kier molecular flexibility index (Phi) is 2.21. The van der Waals surface area contributed by atoms with Crippen molar-refractivity contribution in [3.8, 4) is 0 Å². The maximum atomic E-state index is 12.1. The predicted octanol–water partition coefficient (Wildman–Crippen LogP) is 2.00. The second kappa shape index (κ2) is 3.73. The van der Waals surface area contributed by atoms with Crippen molar-refractivity contribution >= 4 is 11.6 Å². The number of anilines is 1. The summed E-state index contributed by atoms with van der Waals surface area (Å²) in [4.78, 5) is 12.1. The second-order valence-electron chi connectivity index (χ2n) is 4.33. The van der Waals surface area contributed by atoms with Crippen LogP contribution in [-0.2, 0) is 11.2 Å². The first-order valence-corrected chi connectivity index (χ1v) is 5.65. The molecule has 17 heavy (non-hydrogen) atoms. The van der Waals surface area contributed by atoms with Crippen LogP contribution in [0.5, 0.6) is 0 Å². The van der Waals surface area contributed by atoms with Gasteiger partial charge in [-0.25, -0.2) is 0 Å². The largest absolute Gasteiger partial charge is 0.322 e. The summed E-state index contributed by atoms with van der Waals surface area (Å²) >= 11 is 0. The number of nitrogens with zero attached hydrogens (tertiary/aromatic N) is 1. The Hall–Kier alpha value is -2.10. The lowest BCUT2D eigenvalue weighted by Crippen LogP contribution is -2.28. The summed E-state index contributed by atoms with van der Waals surface area (Å²) in [7, 11) is 0. The Morgan fingerprint density at radius 2 is 2.06 bits per heavy atom. The summed E-state index contributed by atoms with van der Waals surface area (Å²) in [5.74, 6) is -0.0837. The molecular weight excluding hydrogens is 214 g/mol. The van der Waals surface area contributed by atoms with Gasteiger partial charge >= 0.3 is 0 Å². The van der Waals surface area contributed by atoms with Crippen LogP contribution in [0.4, 0.5) is 5.69 Å². The van der Waals surface area contributed by atoms with Crippen LogP contribution in [0.3, 0.4) is 0 Å². The van der Waals surface area contributed by atoms with Crippen LogP contribution in [0.25, 0.3) is 0 Å². The highest BCUT2D eigenvalue weighted by Gasteiger charge is 2.30. The molecule has 2 aromatic rings. The van der Waals surface area contributed by atoms with Crippen molar-refractivity contribution in [1.29, 1.82) is 0 Å². The van der Waals surface area contributed by atoms with E-state index in [0.717, 1.165) is 22.6 Å². The molecule has 2 heterocycles. The number of rotatable bonds is 1. The van der Waals surface area contributed by atoms with Crippen LogP contribution in [0.15, 0.2) is 30.3 Å². The number of carbonyl (C=O) groups is 1. The molecule has 1 aliphatic heterocycles. The number of nitrogens with one attached hydrogen (secondary N) is 2. The standard InChI is InChI=1S/C13H13N3O/c1-8-12-11(16-15-8)7-10(13(17)14-12)9-5-3-2-4-6-9/h2-6,10H,7H2,1H3,(H,14,17)(H,15,16). The maximum absolute atomic E-state index is 12.1. The molecule has 0 radical (unpaired) electrons. The molecule has 0 bridgehead atoms. The Labute approximate surface area is 99.1 Å². The van der Waals surface area contributed by atoms with Gasteiger partial charge in [-0.15, -0.1) is 0 Å². The lowest BCUT2D eigenvalue weighted by Gasteiger charge is -2.21. The molecule has 3 rings (SSSR count). The average Bonchev–Trinajstić information content (AvgIpc) is 2.71. The molecule has 0 spiro atoms. The minimum atomic E-state index is -0.133. The van der Waals surface area contributed by atoms with E-state index in [9.17, 15) is 4.79 Å². The molecule has 1 aliphatic rings. The average molecular weight is 227 g/mol. The molecule has 0 fully saturated rings. The van der Waals surface area contributed by atoms with Crippen LogP contribution in [0.1, 0.15) is 22.9 Å². The highest BCUT2D eigenvalue weighted by Crippen LogP contribution is 2.31. The fourth-order valence-electron chi connectivity index (χ4n) is 2.24. The molecule has 86 valence electrons. The van der Waals surface area contributed by atoms with Gasteiger partial charge < -0.3 is 5.32 Å². The minimum absolute atomic E-state index is 0.0493. The number of benzene rings is 1. The molecule has 1 unspecified atom stereocenters. The number of aromatic amines is 1. The van der Waals surface area contributed by atoms with Gasteiger partial charge in [-0.3, -0.25) is 9.89 Å². The summed E-state index contributed by atoms with van der Waals surface area (Å²) in [6.07, 6.45) is 0.662. The zero-order chi connectivity index (χ0) is 11.8. The molecular formula is C13H13N3O. The van der Waals surface area contributed by atoms with Gasteiger partial charge in [0, 0.05) is 6.42 Å². The van der Waals surface area contributed by atoms with Gasteiger partial charge in [0.25, 0.3) is 0 Å². The number of hydrogen-bond acceptors (Lipinski definition) is 2. The lowest BCUT2D eigenvalue weighted by atomic mass is 9.90. The quantitative estimate of drug-likeness (QED) is 0.782. The van der Waals surface area contributed by atoms with Crippen molar-refractivity contribution in [1.82, 2.24) is 10.2 Å². The summed E-state index contributed by atoms with van der Waals surface area (Å²) < 4.78 is 0. The molecule has 0 aliphatic carbocycles. The van der Waals surface area contributed by atoms with Crippen molar-refractivity contribution < 1.29 is 4.79 Å². The van der Waals surface area contributed by atoms with Crippen molar-refractivity contribution in [2.75, 3.05) is 5.32 Å². The van der Waals surface area contributed by atoms with Crippen LogP contribution in [-0.4, -0.2) is 16.1 Å².